The molecule has 2 radical (unpaired) electrons. The minimum Gasteiger partial charge on any atom is -0.320 e. The van der Waals surface area contributed by atoms with E-state index < -0.39 is 0 Å². The Kier molecular flexibility index (Phi) is 2.85. The van der Waals surface area contributed by atoms with Gasteiger partial charge in [-0.1, -0.05) is 12.2 Å². The molecule has 1 amide bonds. The first-order valence-corrected chi connectivity index (χ1v) is 6.98. The molecular weight excluding hydrogens is 276 g/mol. The SMILES string of the molecule is CC1=C[CH]C=C2C=C(C(=O)NC3=C[C]4N=CC=[N+]4C=C3)N=C12.[HH].[HH]. The molecule has 110 valence electrons. The van der Waals surface area contributed by atoms with Crippen molar-refractivity contribution in [3.63, 3.8) is 0 Å². The van der Waals surface area contributed by atoms with Crippen molar-refractivity contribution in [1.29, 1.82) is 0 Å². The molecule has 0 aromatic rings. The Morgan fingerprint density at radius 1 is 1.32 bits per heavy atom. The zero-order valence-corrected chi connectivity index (χ0v) is 11.9. The summed E-state index contributed by atoms with van der Waals surface area (Å²) in [5.74, 6) is -0.216. The van der Waals surface area contributed by atoms with Crippen LogP contribution in [0, 0.1) is 12.6 Å². The van der Waals surface area contributed by atoms with E-state index in [2.05, 4.69) is 15.3 Å². The van der Waals surface area contributed by atoms with Gasteiger partial charge < -0.3 is 5.32 Å². The Labute approximate surface area is 131 Å². The number of hydrogen-bond acceptors (Lipinski definition) is 3. The van der Waals surface area contributed by atoms with Crippen LogP contribution in [0.1, 0.15) is 9.78 Å². The summed E-state index contributed by atoms with van der Waals surface area (Å²) >= 11 is 0. The van der Waals surface area contributed by atoms with Crippen molar-refractivity contribution in [2.24, 2.45) is 9.98 Å². The van der Waals surface area contributed by atoms with Gasteiger partial charge in [0.15, 0.2) is 12.4 Å². The lowest BCUT2D eigenvalue weighted by Crippen LogP contribution is -2.25. The Bertz CT molecular complexity index is 826. The summed E-state index contributed by atoms with van der Waals surface area (Å²) in [7, 11) is 0. The summed E-state index contributed by atoms with van der Waals surface area (Å²) in [4.78, 5) is 21.0. The summed E-state index contributed by atoms with van der Waals surface area (Å²) in [5.41, 5.74) is 4.04. The molecule has 3 aliphatic heterocycles. The fourth-order valence-electron chi connectivity index (χ4n) is 2.55. The first-order chi connectivity index (χ1) is 10.7. The highest BCUT2D eigenvalue weighted by atomic mass is 16.2. The van der Waals surface area contributed by atoms with Gasteiger partial charge in [-0.15, -0.1) is 0 Å². The molecule has 0 atom stereocenters. The van der Waals surface area contributed by atoms with Crippen LogP contribution in [0.5, 0.6) is 0 Å². The highest BCUT2D eigenvalue weighted by molar-refractivity contribution is 6.20. The quantitative estimate of drug-likeness (QED) is 0.779. The largest absolute Gasteiger partial charge is 0.374 e. The van der Waals surface area contributed by atoms with Crippen LogP contribution in [0.4, 0.5) is 0 Å². The monoisotopic (exact) mass is 293 g/mol. The molecule has 5 nitrogen and oxygen atoms in total. The van der Waals surface area contributed by atoms with Crippen molar-refractivity contribution in [2.75, 3.05) is 0 Å². The lowest BCUT2D eigenvalue weighted by Gasteiger charge is -2.09. The van der Waals surface area contributed by atoms with Gasteiger partial charge in [0.2, 0.25) is 0 Å². The van der Waals surface area contributed by atoms with Gasteiger partial charge in [0.1, 0.15) is 5.70 Å². The van der Waals surface area contributed by atoms with Crippen molar-refractivity contribution in [3.8, 4) is 0 Å². The lowest BCUT2D eigenvalue weighted by atomic mass is 9.98. The van der Waals surface area contributed by atoms with Crippen molar-refractivity contribution in [2.45, 2.75) is 6.92 Å². The molecular formula is C17H17N4O+. The minimum atomic E-state index is -0.216. The number of amides is 1. The molecule has 5 heteroatoms. The van der Waals surface area contributed by atoms with Crippen LogP contribution in [-0.2, 0) is 4.79 Å². The van der Waals surface area contributed by atoms with Crippen LogP contribution in [0.25, 0.3) is 0 Å². The van der Waals surface area contributed by atoms with Crippen LogP contribution in [0.15, 0.2) is 69.1 Å². The Morgan fingerprint density at radius 3 is 3.09 bits per heavy atom. The van der Waals surface area contributed by atoms with Gasteiger partial charge >= 0.3 is 6.17 Å². The molecule has 1 N–H and O–H groups in total. The molecule has 3 heterocycles. The molecule has 0 bridgehead atoms. The highest BCUT2D eigenvalue weighted by Gasteiger charge is 2.27. The standard InChI is InChI=1S/C17H13N4O.2H2/c1-11-3-2-4-12-9-14(20-16(11)12)17(22)19-13-5-7-21-8-6-18-15(21)10-13;;/h2-10H,1H3,(H,19,22);2*1H/q+1;;. The van der Waals surface area contributed by atoms with E-state index in [1.54, 1.807) is 6.21 Å². The number of carbonyl (C=O) groups excluding carboxylic acids is 1. The van der Waals surface area contributed by atoms with Crippen molar-refractivity contribution >= 4 is 24.0 Å². The Morgan fingerprint density at radius 2 is 2.23 bits per heavy atom. The van der Waals surface area contributed by atoms with Gasteiger partial charge in [-0.2, -0.15) is 4.58 Å². The van der Waals surface area contributed by atoms with Gasteiger partial charge in [0.25, 0.3) is 5.91 Å². The third-order valence-electron chi connectivity index (χ3n) is 3.68. The molecule has 1 aliphatic carbocycles. The van der Waals surface area contributed by atoms with Crippen LogP contribution >= 0.6 is 0 Å². The van der Waals surface area contributed by atoms with E-state index >= 15 is 0 Å². The number of rotatable bonds is 2. The van der Waals surface area contributed by atoms with E-state index in [4.69, 9.17) is 0 Å². The molecule has 0 unspecified atom stereocenters. The molecule has 0 spiro atoms. The first kappa shape index (κ1) is 12.9. The van der Waals surface area contributed by atoms with Crippen LogP contribution in [0.3, 0.4) is 0 Å². The predicted octanol–water partition coefficient (Wildman–Crippen LogP) is 2.09. The topological polar surface area (TPSA) is 56.8 Å². The van der Waals surface area contributed by atoms with E-state index in [1.807, 2.05) is 60.7 Å². The highest BCUT2D eigenvalue weighted by Crippen LogP contribution is 2.25. The smallest absolute Gasteiger partial charge is 0.320 e. The van der Waals surface area contributed by atoms with Crippen molar-refractivity contribution in [3.05, 3.63) is 71.7 Å². The maximum absolute atomic E-state index is 12.4. The molecule has 0 aromatic heterocycles. The van der Waals surface area contributed by atoms with Gasteiger partial charge in [-0.3, -0.25) is 4.79 Å². The van der Waals surface area contributed by atoms with Crippen molar-refractivity contribution in [1.82, 2.24) is 5.32 Å². The van der Waals surface area contributed by atoms with Crippen LogP contribution in [0.2, 0.25) is 0 Å². The zero-order chi connectivity index (χ0) is 15.1. The van der Waals surface area contributed by atoms with E-state index in [0.29, 0.717) is 11.4 Å². The number of nitrogens with zero attached hydrogens (tertiary/aromatic N) is 3. The Balaban J connectivity index is 0.00000104. The first-order valence-electron chi connectivity index (χ1n) is 6.98. The van der Waals surface area contributed by atoms with Gasteiger partial charge in [-0.25, -0.2) is 9.98 Å². The second-order valence-electron chi connectivity index (χ2n) is 5.22. The summed E-state index contributed by atoms with van der Waals surface area (Å²) < 4.78 is 1.88. The third-order valence-corrected chi connectivity index (χ3v) is 3.68. The summed E-state index contributed by atoms with van der Waals surface area (Å²) in [6.07, 6.45) is 17.6. The van der Waals surface area contributed by atoms with E-state index in [1.165, 1.54) is 0 Å². The maximum atomic E-state index is 12.4. The van der Waals surface area contributed by atoms with Crippen LogP contribution < -0.4 is 5.32 Å². The number of nitrogens with one attached hydrogen (secondary N) is 1. The minimum absolute atomic E-state index is 0. The molecule has 4 rings (SSSR count). The molecule has 4 aliphatic rings. The van der Waals surface area contributed by atoms with E-state index in [9.17, 15) is 4.79 Å². The molecule has 0 saturated heterocycles. The second kappa shape index (κ2) is 4.87. The summed E-state index contributed by atoms with van der Waals surface area (Å²) in [6, 6.07) is 0. The van der Waals surface area contributed by atoms with Crippen LogP contribution in [-0.4, -0.2) is 28.6 Å². The average Bonchev–Trinajstić information content (AvgIpc) is 3.13. The normalized spacial score (nSPS) is 22.0. The number of hydrogen-bond donors (Lipinski definition) is 1. The fraction of sp³-hybridized carbons (Fsp3) is 0.0588. The number of fused-ring (bicyclic) bond motifs is 2. The zero-order valence-electron chi connectivity index (χ0n) is 11.9. The average molecular weight is 293 g/mol. The third kappa shape index (κ3) is 2.11. The second-order valence-corrected chi connectivity index (χ2v) is 5.22. The van der Waals surface area contributed by atoms with Gasteiger partial charge in [0.05, 0.1) is 17.6 Å². The molecule has 0 fully saturated rings. The molecule has 22 heavy (non-hydrogen) atoms. The Hall–Kier alpha value is -2.82. The molecule has 0 saturated carbocycles. The lowest BCUT2D eigenvalue weighted by molar-refractivity contribution is -0.424. The molecule has 0 aromatic carbocycles. The van der Waals surface area contributed by atoms with E-state index in [-0.39, 0.29) is 8.76 Å². The number of aliphatic imine (C=N–C) groups is 2. The number of carbonyl (C=O) groups is 1. The van der Waals surface area contributed by atoms with Crippen molar-refractivity contribution < 1.29 is 12.2 Å². The predicted molar refractivity (Wildman–Crippen MR) is 89.3 cm³/mol. The summed E-state index contributed by atoms with van der Waals surface area (Å²) in [5, 5.41) is 2.87. The van der Waals surface area contributed by atoms with Gasteiger partial charge in [-0.05, 0) is 24.1 Å². The number of allylic oxidation sites excluding steroid dienone is 6. The van der Waals surface area contributed by atoms with Gasteiger partial charge in [0, 0.05) is 21.4 Å². The summed E-state index contributed by atoms with van der Waals surface area (Å²) in [6.45, 7) is 1.99. The maximum Gasteiger partial charge on any atom is 0.374 e. The fourth-order valence-corrected chi connectivity index (χ4v) is 2.55. The van der Waals surface area contributed by atoms with E-state index in [0.717, 1.165) is 23.0 Å².